The van der Waals surface area contributed by atoms with Gasteiger partial charge in [0.1, 0.15) is 0 Å². The topological polar surface area (TPSA) is 32.7 Å². The Hall–Kier alpha value is -2.68. The predicted molar refractivity (Wildman–Crippen MR) is 90.7 cm³/mol. The minimum Gasteiger partial charge on any atom is -0.267 e. The normalized spacial score (nSPS) is 16.2. The summed E-state index contributed by atoms with van der Waals surface area (Å²) in [7, 11) is 0. The SMILES string of the molecule is CCCC1=NN(c2ccccc2)C(=O)/C1=C\c1ccccc1. The Bertz CT molecular complexity index is 718. The zero-order valence-corrected chi connectivity index (χ0v) is 12.6. The molecule has 2 aromatic carbocycles. The van der Waals surface area contributed by atoms with Gasteiger partial charge in [-0.3, -0.25) is 4.79 Å². The van der Waals surface area contributed by atoms with Crippen molar-refractivity contribution in [3.63, 3.8) is 0 Å². The van der Waals surface area contributed by atoms with Crippen molar-refractivity contribution in [1.29, 1.82) is 0 Å². The maximum Gasteiger partial charge on any atom is 0.280 e. The Morgan fingerprint density at radius 3 is 2.27 bits per heavy atom. The van der Waals surface area contributed by atoms with E-state index in [1.54, 1.807) is 0 Å². The molecule has 22 heavy (non-hydrogen) atoms. The molecule has 1 aliphatic rings. The third-order valence-electron chi connectivity index (χ3n) is 3.55. The molecule has 3 heteroatoms. The van der Waals surface area contributed by atoms with E-state index in [0.717, 1.165) is 29.8 Å². The molecule has 3 nitrogen and oxygen atoms in total. The number of amides is 1. The fourth-order valence-corrected chi connectivity index (χ4v) is 2.48. The molecular formula is C19H18N2O. The number of hydrazone groups is 1. The van der Waals surface area contributed by atoms with Gasteiger partial charge >= 0.3 is 0 Å². The molecule has 0 spiro atoms. The van der Waals surface area contributed by atoms with Crippen molar-refractivity contribution in [2.45, 2.75) is 19.8 Å². The van der Waals surface area contributed by atoms with Crippen LogP contribution in [0.5, 0.6) is 0 Å². The number of benzene rings is 2. The van der Waals surface area contributed by atoms with Crippen LogP contribution in [0.25, 0.3) is 6.08 Å². The van der Waals surface area contributed by atoms with E-state index < -0.39 is 0 Å². The maximum atomic E-state index is 12.7. The second kappa shape index (κ2) is 6.39. The number of nitrogens with zero attached hydrogens (tertiary/aromatic N) is 2. The van der Waals surface area contributed by atoms with Gasteiger partial charge in [-0.05, 0) is 30.2 Å². The summed E-state index contributed by atoms with van der Waals surface area (Å²) >= 11 is 0. The van der Waals surface area contributed by atoms with Gasteiger partial charge in [0.15, 0.2) is 0 Å². The second-order valence-electron chi connectivity index (χ2n) is 5.22. The molecule has 0 saturated carbocycles. The minimum absolute atomic E-state index is 0.0569. The third kappa shape index (κ3) is 2.84. The minimum atomic E-state index is -0.0569. The summed E-state index contributed by atoms with van der Waals surface area (Å²) < 4.78 is 0. The first kappa shape index (κ1) is 14.3. The molecule has 0 N–H and O–H groups in total. The van der Waals surface area contributed by atoms with Crippen LogP contribution in [0.1, 0.15) is 25.3 Å². The summed E-state index contributed by atoms with van der Waals surface area (Å²) in [5.74, 6) is -0.0569. The summed E-state index contributed by atoms with van der Waals surface area (Å²) in [6, 6.07) is 19.5. The highest BCUT2D eigenvalue weighted by molar-refractivity contribution is 6.32. The number of carbonyl (C=O) groups is 1. The fourth-order valence-electron chi connectivity index (χ4n) is 2.48. The van der Waals surface area contributed by atoms with Crippen LogP contribution in [-0.2, 0) is 4.79 Å². The number of anilines is 1. The van der Waals surface area contributed by atoms with Gasteiger partial charge in [0.05, 0.1) is 17.0 Å². The van der Waals surface area contributed by atoms with Crippen LogP contribution in [0.15, 0.2) is 71.3 Å². The van der Waals surface area contributed by atoms with Crippen molar-refractivity contribution in [3.8, 4) is 0 Å². The summed E-state index contributed by atoms with van der Waals surface area (Å²) in [6.45, 7) is 2.10. The molecular weight excluding hydrogens is 272 g/mol. The molecule has 0 aromatic heterocycles. The van der Waals surface area contributed by atoms with Crippen molar-refractivity contribution in [2.75, 3.05) is 5.01 Å². The lowest BCUT2D eigenvalue weighted by Crippen LogP contribution is -2.21. The van der Waals surface area contributed by atoms with E-state index in [2.05, 4.69) is 12.0 Å². The monoisotopic (exact) mass is 290 g/mol. The number of rotatable bonds is 4. The highest BCUT2D eigenvalue weighted by Crippen LogP contribution is 2.26. The van der Waals surface area contributed by atoms with Crippen molar-refractivity contribution in [1.82, 2.24) is 0 Å². The Kier molecular flexibility index (Phi) is 4.15. The average Bonchev–Trinajstić information content (AvgIpc) is 2.86. The second-order valence-corrected chi connectivity index (χ2v) is 5.22. The zero-order valence-electron chi connectivity index (χ0n) is 12.6. The highest BCUT2D eigenvalue weighted by Gasteiger charge is 2.30. The van der Waals surface area contributed by atoms with E-state index in [0.29, 0.717) is 5.57 Å². The van der Waals surface area contributed by atoms with Gasteiger partial charge in [-0.25, -0.2) is 0 Å². The van der Waals surface area contributed by atoms with Crippen LogP contribution in [0.4, 0.5) is 5.69 Å². The van der Waals surface area contributed by atoms with Crippen molar-refractivity contribution in [2.24, 2.45) is 5.10 Å². The van der Waals surface area contributed by atoms with Crippen molar-refractivity contribution >= 4 is 23.4 Å². The molecule has 0 atom stereocenters. The van der Waals surface area contributed by atoms with E-state index in [-0.39, 0.29) is 5.91 Å². The number of para-hydroxylation sites is 1. The molecule has 1 heterocycles. The van der Waals surface area contributed by atoms with Gasteiger partial charge in [0.2, 0.25) is 0 Å². The molecule has 0 unspecified atom stereocenters. The van der Waals surface area contributed by atoms with E-state index in [9.17, 15) is 4.79 Å². The van der Waals surface area contributed by atoms with Crippen LogP contribution in [-0.4, -0.2) is 11.6 Å². The lowest BCUT2D eigenvalue weighted by atomic mass is 10.0. The Balaban J connectivity index is 1.99. The molecule has 0 bridgehead atoms. The quantitative estimate of drug-likeness (QED) is 0.774. The van der Waals surface area contributed by atoms with Crippen molar-refractivity contribution < 1.29 is 4.79 Å². The molecule has 0 saturated heterocycles. The van der Waals surface area contributed by atoms with Crippen LogP contribution >= 0.6 is 0 Å². The first-order valence-electron chi connectivity index (χ1n) is 7.53. The number of carbonyl (C=O) groups excluding carboxylic acids is 1. The van der Waals surface area contributed by atoms with Gasteiger partial charge in [-0.2, -0.15) is 10.1 Å². The third-order valence-corrected chi connectivity index (χ3v) is 3.55. The largest absolute Gasteiger partial charge is 0.280 e. The van der Waals surface area contributed by atoms with Crippen LogP contribution in [0.3, 0.4) is 0 Å². The van der Waals surface area contributed by atoms with E-state index in [1.807, 2.05) is 66.7 Å². The first-order valence-corrected chi connectivity index (χ1v) is 7.53. The van der Waals surface area contributed by atoms with E-state index in [1.165, 1.54) is 5.01 Å². The lowest BCUT2D eigenvalue weighted by molar-refractivity contribution is -0.114. The molecule has 0 radical (unpaired) electrons. The Morgan fingerprint density at radius 2 is 1.64 bits per heavy atom. The molecule has 110 valence electrons. The molecule has 3 rings (SSSR count). The average molecular weight is 290 g/mol. The van der Waals surface area contributed by atoms with Crippen LogP contribution < -0.4 is 5.01 Å². The number of hydrogen-bond acceptors (Lipinski definition) is 2. The molecule has 0 fully saturated rings. The molecule has 1 amide bonds. The smallest absolute Gasteiger partial charge is 0.267 e. The zero-order chi connectivity index (χ0) is 15.4. The van der Waals surface area contributed by atoms with Gasteiger partial charge in [0.25, 0.3) is 5.91 Å². The van der Waals surface area contributed by atoms with E-state index >= 15 is 0 Å². The highest BCUT2D eigenvalue weighted by atomic mass is 16.2. The van der Waals surface area contributed by atoms with Gasteiger partial charge in [-0.1, -0.05) is 61.9 Å². The Labute approximate surface area is 130 Å². The lowest BCUT2D eigenvalue weighted by Gasteiger charge is -2.10. The standard InChI is InChI=1S/C19H18N2O/c1-2-9-18-17(14-15-10-5-3-6-11-15)19(22)21(20-18)16-12-7-4-8-13-16/h3-8,10-14H,2,9H2,1H3/b17-14-. The molecule has 1 aliphatic heterocycles. The predicted octanol–water partition coefficient (Wildman–Crippen LogP) is 4.27. The Morgan fingerprint density at radius 1 is 1.00 bits per heavy atom. The van der Waals surface area contributed by atoms with Gasteiger partial charge < -0.3 is 0 Å². The van der Waals surface area contributed by atoms with Gasteiger partial charge in [0, 0.05) is 0 Å². The van der Waals surface area contributed by atoms with Crippen molar-refractivity contribution in [3.05, 3.63) is 71.8 Å². The molecule has 2 aromatic rings. The van der Waals surface area contributed by atoms with Crippen LogP contribution in [0.2, 0.25) is 0 Å². The fraction of sp³-hybridized carbons (Fsp3) is 0.158. The first-order chi connectivity index (χ1) is 10.8. The maximum absolute atomic E-state index is 12.7. The summed E-state index contributed by atoms with van der Waals surface area (Å²) in [5, 5.41) is 6.04. The van der Waals surface area contributed by atoms with E-state index in [4.69, 9.17) is 0 Å². The van der Waals surface area contributed by atoms with Gasteiger partial charge in [-0.15, -0.1) is 0 Å². The summed E-state index contributed by atoms with van der Waals surface area (Å²) in [4.78, 5) is 12.7. The number of hydrogen-bond donors (Lipinski definition) is 0. The van der Waals surface area contributed by atoms with Crippen LogP contribution in [0, 0.1) is 0 Å². The summed E-state index contributed by atoms with van der Waals surface area (Å²) in [5.41, 5.74) is 3.37. The summed E-state index contributed by atoms with van der Waals surface area (Å²) in [6.07, 6.45) is 3.69. The molecule has 0 aliphatic carbocycles.